The highest BCUT2D eigenvalue weighted by Gasteiger charge is 2.08. The summed E-state index contributed by atoms with van der Waals surface area (Å²) in [5.74, 6) is 0.563. The molecule has 2 aromatic heterocycles. The number of amides is 1. The Morgan fingerprint density at radius 1 is 1.25 bits per heavy atom. The lowest BCUT2D eigenvalue weighted by Crippen LogP contribution is -2.23. The summed E-state index contributed by atoms with van der Waals surface area (Å²) in [6.07, 6.45) is 5.80. The van der Waals surface area contributed by atoms with Crippen LogP contribution < -0.4 is 10.1 Å². The van der Waals surface area contributed by atoms with Crippen LogP contribution in [0.25, 0.3) is 5.65 Å². The number of ether oxygens (including phenoxy) is 1. The minimum atomic E-state index is -0.175. The summed E-state index contributed by atoms with van der Waals surface area (Å²) in [6.45, 7) is 4.45. The van der Waals surface area contributed by atoms with E-state index in [1.54, 1.807) is 0 Å². The molecule has 0 radical (unpaired) electrons. The third kappa shape index (κ3) is 3.81. The second-order valence-electron chi connectivity index (χ2n) is 5.35. The normalized spacial score (nSPS) is 10.5. The highest BCUT2D eigenvalue weighted by molar-refractivity contribution is 5.86. The number of benzene rings is 1. The van der Waals surface area contributed by atoms with E-state index >= 15 is 0 Å². The van der Waals surface area contributed by atoms with E-state index in [4.69, 9.17) is 4.74 Å². The summed E-state index contributed by atoms with van der Waals surface area (Å²) >= 11 is 0. The maximum Gasteiger partial charge on any atom is 0.243 e. The molecular formula is C19H19N3O2. The zero-order valence-electron chi connectivity index (χ0n) is 13.3. The maximum absolute atomic E-state index is 11.2. The summed E-state index contributed by atoms with van der Waals surface area (Å²) in [5.41, 5.74) is 2.78. The van der Waals surface area contributed by atoms with Crippen LogP contribution in [0.1, 0.15) is 11.3 Å². The van der Waals surface area contributed by atoms with Crippen molar-refractivity contribution in [2.24, 2.45) is 0 Å². The van der Waals surface area contributed by atoms with Gasteiger partial charge in [0.05, 0.1) is 5.69 Å². The number of hydrogen-bond donors (Lipinski definition) is 1. The van der Waals surface area contributed by atoms with Gasteiger partial charge in [0.25, 0.3) is 0 Å². The van der Waals surface area contributed by atoms with Gasteiger partial charge in [0, 0.05) is 25.4 Å². The third-order valence-electron chi connectivity index (χ3n) is 3.60. The van der Waals surface area contributed by atoms with Gasteiger partial charge >= 0.3 is 0 Å². The molecule has 1 aromatic carbocycles. The minimum Gasteiger partial charge on any atom is -0.485 e. The Kier molecular flexibility index (Phi) is 4.91. The molecule has 0 fully saturated rings. The average Bonchev–Trinajstić information content (AvgIpc) is 3.04. The van der Waals surface area contributed by atoms with Crippen LogP contribution in [0.5, 0.6) is 5.75 Å². The lowest BCUT2D eigenvalue weighted by atomic mass is 10.2. The Morgan fingerprint density at radius 2 is 2.08 bits per heavy atom. The van der Waals surface area contributed by atoms with Gasteiger partial charge in [-0.2, -0.15) is 0 Å². The molecule has 2 heterocycles. The van der Waals surface area contributed by atoms with Crippen molar-refractivity contribution in [1.82, 2.24) is 14.7 Å². The predicted octanol–water partition coefficient (Wildman–Crippen LogP) is 2.76. The predicted molar refractivity (Wildman–Crippen MR) is 92.9 cm³/mol. The summed E-state index contributed by atoms with van der Waals surface area (Å²) in [7, 11) is 0. The van der Waals surface area contributed by atoms with Crippen LogP contribution in [0, 0.1) is 0 Å². The van der Waals surface area contributed by atoms with Gasteiger partial charge in [-0.05, 0) is 23.8 Å². The lowest BCUT2D eigenvalue weighted by molar-refractivity contribution is -0.116. The summed E-state index contributed by atoms with van der Waals surface area (Å²) in [4.78, 5) is 15.8. The fraction of sp³-hybridized carbons (Fsp3) is 0.158. The summed E-state index contributed by atoms with van der Waals surface area (Å²) in [5, 5.41) is 2.75. The van der Waals surface area contributed by atoms with Gasteiger partial charge in [0.15, 0.2) is 11.4 Å². The van der Waals surface area contributed by atoms with Gasteiger partial charge < -0.3 is 14.5 Å². The van der Waals surface area contributed by atoms with E-state index < -0.39 is 0 Å². The monoisotopic (exact) mass is 321 g/mol. The fourth-order valence-corrected chi connectivity index (χ4v) is 2.39. The van der Waals surface area contributed by atoms with Gasteiger partial charge in [0.2, 0.25) is 5.91 Å². The number of nitrogens with zero attached hydrogens (tertiary/aromatic N) is 2. The molecule has 5 nitrogen and oxygen atoms in total. The Balaban J connectivity index is 1.70. The first kappa shape index (κ1) is 15.8. The molecular weight excluding hydrogens is 302 g/mol. The zero-order valence-corrected chi connectivity index (χ0v) is 13.3. The number of fused-ring (bicyclic) bond motifs is 1. The van der Waals surface area contributed by atoms with Gasteiger partial charge in [-0.1, -0.05) is 36.9 Å². The van der Waals surface area contributed by atoms with Gasteiger partial charge in [-0.15, -0.1) is 0 Å². The zero-order chi connectivity index (χ0) is 16.8. The van der Waals surface area contributed by atoms with E-state index in [0.29, 0.717) is 19.6 Å². The second kappa shape index (κ2) is 7.46. The fourth-order valence-electron chi connectivity index (χ4n) is 2.39. The first-order valence-electron chi connectivity index (χ1n) is 7.80. The van der Waals surface area contributed by atoms with Crippen molar-refractivity contribution < 1.29 is 9.53 Å². The Morgan fingerprint density at radius 3 is 2.88 bits per heavy atom. The number of aromatic nitrogens is 2. The molecule has 0 atom stereocenters. The highest BCUT2D eigenvalue weighted by atomic mass is 16.5. The third-order valence-corrected chi connectivity index (χ3v) is 3.60. The minimum absolute atomic E-state index is 0.175. The average molecular weight is 321 g/mol. The van der Waals surface area contributed by atoms with Gasteiger partial charge in [0.1, 0.15) is 6.61 Å². The van der Waals surface area contributed by atoms with Crippen molar-refractivity contribution >= 4 is 11.6 Å². The Bertz CT molecular complexity index is 840. The Hall–Kier alpha value is -3.08. The number of nitrogens with one attached hydrogen (secondary N) is 1. The van der Waals surface area contributed by atoms with E-state index in [0.717, 1.165) is 22.7 Å². The first-order chi connectivity index (χ1) is 11.8. The molecule has 3 rings (SSSR count). The molecule has 0 aliphatic rings. The molecule has 3 aromatic rings. The molecule has 122 valence electrons. The molecule has 0 bridgehead atoms. The van der Waals surface area contributed by atoms with Crippen molar-refractivity contribution in [2.45, 2.75) is 13.0 Å². The molecule has 5 heteroatoms. The number of carbonyl (C=O) groups is 1. The standard InChI is InChI=1S/C19H19N3O2/c1-2-18(23)20-11-10-16-13-22-12-6-9-17(19(22)21-16)24-14-15-7-4-3-5-8-15/h2-9,12-13H,1,10-11,14H2,(H,20,23). The molecule has 0 unspecified atom stereocenters. The van der Waals surface area contributed by atoms with Crippen molar-refractivity contribution in [3.05, 3.63) is 78.8 Å². The van der Waals surface area contributed by atoms with E-state index in [-0.39, 0.29) is 5.91 Å². The quantitative estimate of drug-likeness (QED) is 0.681. The van der Waals surface area contributed by atoms with E-state index in [9.17, 15) is 4.79 Å². The molecule has 24 heavy (non-hydrogen) atoms. The van der Waals surface area contributed by atoms with E-state index in [2.05, 4.69) is 16.9 Å². The summed E-state index contributed by atoms with van der Waals surface area (Å²) < 4.78 is 7.85. The van der Waals surface area contributed by atoms with E-state index in [1.165, 1.54) is 6.08 Å². The molecule has 0 saturated heterocycles. The topological polar surface area (TPSA) is 55.6 Å². The number of carbonyl (C=O) groups excluding carboxylic acids is 1. The molecule has 0 saturated carbocycles. The van der Waals surface area contributed by atoms with Crippen LogP contribution >= 0.6 is 0 Å². The number of imidazole rings is 1. The Labute approximate surface area is 140 Å². The molecule has 1 amide bonds. The largest absolute Gasteiger partial charge is 0.485 e. The maximum atomic E-state index is 11.2. The van der Waals surface area contributed by atoms with Gasteiger partial charge in [-0.3, -0.25) is 4.79 Å². The molecule has 0 aliphatic heterocycles. The van der Waals surface area contributed by atoms with Crippen LogP contribution in [-0.4, -0.2) is 21.8 Å². The van der Waals surface area contributed by atoms with Crippen LogP contribution in [0.3, 0.4) is 0 Å². The number of pyridine rings is 1. The number of hydrogen-bond acceptors (Lipinski definition) is 3. The van der Waals surface area contributed by atoms with Crippen LogP contribution in [0.15, 0.2) is 67.5 Å². The van der Waals surface area contributed by atoms with Crippen LogP contribution in [0.2, 0.25) is 0 Å². The molecule has 0 aliphatic carbocycles. The number of rotatable bonds is 7. The second-order valence-corrected chi connectivity index (χ2v) is 5.35. The van der Waals surface area contributed by atoms with Crippen LogP contribution in [0.4, 0.5) is 0 Å². The van der Waals surface area contributed by atoms with E-state index in [1.807, 2.05) is 59.3 Å². The van der Waals surface area contributed by atoms with Gasteiger partial charge in [-0.25, -0.2) is 4.98 Å². The van der Waals surface area contributed by atoms with Crippen molar-refractivity contribution in [1.29, 1.82) is 0 Å². The van der Waals surface area contributed by atoms with Crippen molar-refractivity contribution in [2.75, 3.05) is 6.54 Å². The summed E-state index contributed by atoms with van der Waals surface area (Å²) in [6, 6.07) is 13.9. The molecule has 1 N–H and O–H groups in total. The van der Waals surface area contributed by atoms with Crippen LogP contribution in [-0.2, 0) is 17.8 Å². The van der Waals surface area contributed by atoms with Crippen molar-refractivity contribution in [3.63, 3.8) is 0 Å². The highest BCUT2D eigenvalue weighted by Crippen LogP contribution is 2.20. The first-order valence-corrected chi connectivity index (χ1v) is 7.80. The lowest BCUT2D eigenvalue weighted by Gasteiger charge is -2.07. The smallest absolute Gasteiger partial charge is 0.243 e. The molecule has 0 spiro atoms. The van der Waals surface area contributed by atoms with Crippen molar-refractivity contribution in [3.8, 4) is 5.75 Å². The SMILES string of the molecule is C=CC(=O)NCCc1cn2cccc(OCc3ccccc3)c2n1.